The molecule has 0 bridgehead atoms. The van der Waals surface area contributed by atoms with Gasteiger partial charge in [0.2, 0.25) is 0 Å². The molecule has 61 heavy (non-hydrogen) atoms. The molecule has 0 aliphatic heterocycles. The van der Waals surface area contributed by atoms with Crippen LogP contribution in [-0.4, -0.2) is 15.0 Å². The third-order valence-electron chi connectivity index (χ3n) is 12.6. The van der Waals surface area contributed by atoms with Crippen LogP contribution in [0.25, 0.3) is 132 Å². The number of rotatable bonds is 6. The fourth-order valence-electron chi connectivity index (χ4n) is 9.93. The summed E-state index contributed by atoms with van der Waals surface area (Å²) in [4.78, 5) is 15.1. The lowest BCUT2D eigenvalue weighted by Crippen LogP contribution is -2.00. The Bertz CT molecular complexity index is 3740. The third kappa shape index (κ3) is 5.21. The van der Waals surface area contributed by atoms with Gasteiger partial charge in [-0.2, -0.15) is 0 Å². The monoisotopic (exact) mass is 793 g/mol. The second-order valence-electron chi connectivity index (χ2n) is 16.0. The molecule has 0 atom stereocenters. The van der Waals surface area contributed by atoms with Crippen molar-refractivity contribution in [1.82, 2.24) is 15.0 Å². The van der Waals surface area contributed by atoms with Gasteiger partial charge in [-0.3, -0.25) is 0 Å². The zero-order valence-electron chi connectivity index (χ0n) is 32.7. The van der Waals surface area contributed by atoms with Gasteiger partial charge in [0.05, 0.1) is 0 Å². The minimum atomic E-state index is 0.569. The summed E-state index contributed by atoms with van der Waals surface area (Å²) in [7, 11) is 0. The molecular weight excluding hydrogens is 762 g/mol. The maximum absolute atomic E-state index is 7.12. The van der Waals surface area contributed by atoms with Gasteiger partial charge in [0, 0.05) is 21.7 Å². The van der Waals surface area contributed by atoms with Crippen LogP contribution in [0.5, 0.6) is 0 Å². The second kappa shape index (κ2) is 13.1. The summed E-state index contributed by atoms with van der Waals surface area (Å²) in [5, 5.41) is 15.9. The Balaban J connectivity index is 1.11. The summed E-state index contributed by atoms with van der Waals surface area (Å²) in [6, 6.07) is 69.2. The maximum Gasteiger partial charge on any atom is 0.164 e. The molecule has 282 valence electrons. The molecule has 0 N–H and O–H groups in total. The van der Waals surface area contributed by atoms with Gasteiger partial charge in [0.1, 0.15) is 0 Å². The van der Waals surface area contributed by atoms with Gasteiger partial charge in [-0.15, -0.1) is 0 Å². The number of aromatic nitrogens is 3. The smallest absolute Gasteiger partial charge is 0.164 e. The first-order valence-electron chi connectivity index (χ1n) is 20.6. The molecule has 4 heteroatoms. The SMILES string of the molecule is Clc1cc(-c2nc(-c3ccccc3)nc(-c3ccccc3)n2)cc(-c2cc3ccc4c(-c5ccccc5)cc5c(-c6ccccc6)cc6ccc7ccc2c2c7c6c5c4c32)c1. The quantitative estimate of drug-likeness (QED) is 0.124. The molecule has 3 nitrogen and oxygen atoms in total. The van der Waals surface area contributed by atoms with Gasteiger partial charge in [-0.1, -0.05) is 169 Å². The molecule has 13 rings (SSSR count). The van der Waals surface area contributed by atoms with Crippen molar-refractivity contribution >= 4 is 76.2 Å². The minimum absolute atomic E-state index is 0.569. The summed E-state index contributed by atoms with van der Waals surface area (Å²) >= 11 is 7.12. The largest absolute Gasteiger partial charge is 0.208 e. The van der Waals surface area contributed by atoms with Crippen molar-refractivity contribution in [2.24, 2.45) is 0 Å². The van der Waals surface area contributed by atoms with Crippen molar-refractivity contribution in [2.75, 3.05) is 0 Å². The third-order valence-corrected chi connectivity index (χ3v) is 12.8. The van der Waals surface area contributed by atoms with Crippen molar-refractivity contribution in [2.45, 2.75) is 0 Å². The maximum atomic E-state index is 7.12. The summed E-state index contributed by atoms with van der Waals surface area (Å²) in [5.74, 6) is 1.80. The molecule has 12 aromatic carbocycles. The van der Waals surface area contributed by atoms with Crippen LogP contribution in [0.1, 0.15) is 0 Å². The fraction of sp³-hybridized carbons (Fsp3) is 0. The first-order valence-corrected chi connectivity index (χ1v) is 21.0. The molecule has 0 aliphatic carbocycles. The van der Waals surface area contributed by atoms with Crippen molar-refractivity contribution in [3.63, 3.8) is 0 Å². The van der Waals surface area contributed by atoms with E-state index in [1.54, 1.807) is 0 Å². The van der Waals surface area contributed by atoms with Crippen LogP contribution in [0.15, 0.2) is 194 Å². The van der Waals surface area contributed by atoms with Crippen LogP contribution in [-0.2, 0) is 0 Å². The topological polar surface area (TPSA) is 38.7 Å². The van der Waals surface area contributed by atoms with Crippen LogP contribution >= 0.6 is 11.6 Å². The standard InChI is InChI=1S/C57H32ClN3/c58-42-28-40(27-41(29-42)57-60-55(36-17-9-3-10-18-36)59-56(61-57)37-19-11-4-12-20-37)46-31-39-24-26-44-47(34-15-7-2-8-16-34)32-48-45(33-13-5-1-6-14-33)30-38-22-21-35-23-25-43(46)52-49(35)50(38)54(48)53(44)51(39)52/h1-32H. The van der Waals surface area contributed by atoms with Gasteiger partial charge in [0.15, 0.2) is 17.5 Å². The molecule has 0 aliphatic rings. The average Bonchev–Trinajstić information content (AvgIpc) is 3.33. The van der Waals surface area contributed by atoms with E-state index in [0.29, 0.717) is 22.5 Å². The van der Waals surface area contributed by atoms with E-state index in [1.807, 2.05) is 66.7 Å². The predicted molar refractivity (Wildman–Crippen MR) is 256 cm³/mol. The van der Waals surface area contributed by atoms with Crippen molar-refractivity contribution < 1.29 is 0 Å². The number of benzene rings is 12. The minimum Gasteiger partial charge on any atom is -0.208 e. The zero-order chi connectivity index (χ0) is 40.2. The molecular formula is C57H32ClN3. The highest BCUT2D eigenvalue weighted by molar-refractivity contribution is 6.47. The van der Waals surface area contributed by atoms with E-state index in [-0.39, 0.29) is 0 Å². The van der Waals surface area contributed by atoms with Gasteiger partial charge < -0.3 is 0 Å². The lowest BCUT2D eigenvalue weighted by molar-refractivity contribution is 1.07. The Hall–Kier alpha value is -7.72. The average molecular weight is 794 g/mol. The lowest BCUT2D eigenvalue weighted by Gasteiger charge is -2.25. The van der Waals surface area contributed by atoms with Crippen LogP contribution in [0, 0.1) is 0 Å². The summed E-state index contributed by atoms with van der Waals surface area (Å²) < 4.78 is 0. The highest BCUT2D eigenvalue weighted by Crippen LogP contribution is 2.53. The lowest BCUT2D eigenvalue weighted by atomic mass is 9.78. The van der Waals surface area contributed by atoms with E-state index in [1.165, 1.54) is 86.9 Å². The van der Waals surface area contributed by atoms with Crippen LogP contribution in [0.3, 0.4) is 0 Å². The van der Waals surface area contributed by atoms with Crippen molar-refractivity contribution in [1.29, 1.82) is 0 Å². The molecule has 13 aromatic rings. The fourth-order valence-corrected chi connectivity index (χ4v) is 10.2. The molecule has 0 fully saturated rings. The molecule has 1 aromatic heterocycles. The zero-order valence-corrected chi connectivity index (χ0v) is 33.5. The molecule has 0 amide bonds. The van der Waals surface area contributed by atoms with Crippen molar-refractivity contribution in [3.05, 3.63) is 199 Å². The summed E-state index contributed by atoms with van der Waals surface area (Å²) in [6.45, 7) is 0. The molecule has 0 unspecified atom stereocenters. The number of hydrogen-bond donors (Lipinski definition) is 0. The first-order chi connectivity index (χ1) is 30.1. The van der Waals surface area contributed by atoms with Crippen LogP contribution in [0.2, 0.25) is 5.02 Å². The van der Waals surface area contributed by atoms with Gasteiger partial charge in [-0.05, 0) is 134 Å². The highest BCUT2D eigenvalue weighted by atomic mass is 35.5. The molecule has 0 spiro atoms. The number of halogens is 1. The molecule has 0 saturated heterocycles. The van der Waals surface area contributed by atoms with E-state index in [0.717, 1.165) is 27.8 Å². The van der Waals surface area contributed by atoms with Crippen molar-refractivity contribution in [3.8, 4) is 67.5 Å². The summed E-state index contributed by atoms with van der Waals surface area (Å²) in [6.07, 6.45) is 0. The van der Waals surface area contributed by atoms with E-state index >= 15 is 0 Å². The Morgan fingerprint density at radius 2 is 0.639 bits per heavy atom. The van der Waals surface area contributed by atoms with E-state index in [9.17, 15) is 0 Å². The predicted octanol–water partition coefficient (Wildman–Crippen LogP) is 15.8. The molecule has 0 radical (unpaired) electrons. The summed E-state index contributed by atoms with van der Waals surface area (Å²) in [5.41, 5.74) is 9.72. The molecule has 0 saturated carbocycles. The second-order valence-corrected chi connectivity index (χ2v) is 16.5. The number of nitrogens with zero attached hydrogens (tertiary/aromatic N) is 3. The van der Waals surface area contributed by atoms with Gasteiger partial charge in [-0.25, -0.2) is 15.0 Å². The number of hydrogen-bond acceptors (Lipinski definition) is 3. The van der Waals surface area contributed by atoms with Gasteiger partial charge in [0.25, 0.3) is 0 Å². The first kappa shape index (κ1) is 34.2. The van der Waals surface area contributed by atoms with E-state index in [2.05, 4.69) is 127 Å². The Kier molecular flexibility index (Phi) is 7.36. The Morgan fingerprint density at radius 3 is 1.21 bits per heavy atom. The Labute approximate surface area is 356 Å². The highest BCUT2D eigenvalue weighted by Gasteiger charge is 2.26. The van der Waals surface area contributed by atoms with Crippen LogP contribution in [0.4, 0.5) is 0 Å². The van der Waals surface area contributed by atoms with Crippen LogP contribution < -0.4 is 0 Å². The van der Waals surface area contributed by atoms with E-state index in [4.69, 9.17) is 26.6 Å². The van der Waals surface area contributed by atoms with E-state index < -0.39 is 0 Å². The molecule has 1 heterocycles. The normalized spacial score (nSPS) is 12.0. The Morgan fingerprint density at radius 1 is 0.262 bits per heavy atom. The van der Waals surface area contributed by atoms with Gasteiger partial charge >= 0.3 is 0 Å².